The van der Waals surface area contributed by atoms with Crippen LogP contribution in [0.1, 0.15) is 53.7 Å². The van der Waals surface area contributed by atoms with Crippen molar-refractivity contribution in [3.63, 3.8) is 0 Å². The SMILES string of the molecule is COc1cccc([C@H](C)NC(=O)c2ccc(CN([C@@H]3CCCCNC3=O)S(=O)(=O)c3ccc(Cl)cc3)cc2)c1. The Hall–Kier alpha value is -3.40. The fraction of sp³-hybridized carbons (Fsp3) is 0.310. The van der Waals surface area contributed by atoms with Crippen molar-refractivity contribution in [1.29, 1.82) is 0 Å². The highest BCUT2D eigenvalue weighted by Crippen LogP contribution is 2.26. The van der Waals surface area contributed by atoms with Crippen LogP contribution in [0.4, 0.5) is 0 Å². The van der Waals surface area contributed by atoms with E-state index in [2.05, 4.69) is 10.6 Å². The van der Waals surface area contributed by atoms with Crippen LogP contribution in [0.2, 0.25) is 5.02 Å². The number of rotatable bonds is 9. The van der Waals surface area contributed by atoms with Crippen LogP contribution in [0, 0.1) is 0 Å². The third-order valence-corrected chi connectivity index (χ3v) is 8.89. The molecule has 0 spiro atoms. The van der Waals surface area contributed by atoms with Gasteiger partial charge in [0.05, 0.1) is 18.0 Å². The van der Waals surface area contributed by atoms with E-state index in [0.29, 0.717) is 34.9 Å². The molecule has 2 N–H and O–H groups in total. The first-order chi connectivity index (χ1) is 18.7. The van der Waals surface area contributed by atoms with Crippen LogP contribution in [0.5, 0.6) is 5.75 Å². The van der Waals surface area contributed by atoms with Gasteiger partial charge < -0.3 is 15.4 Å². The molecular weight excluding hydrogens is 538 g/mol. The largest absolute Gasteiger partial charge is 0.497 e. The Morgan fingerprint density at radius 1 is 1.10 bits per heavy atom. The molecule has 10 heteroatoms. The van der Waals surface area contributed by atoms with Gasteiger partial charge in [0.1, 0.15) is 11.8 Å². The van der Waals surface area contributed by atoms with Crippen molar-refractivity contribution in [2.75, 3.05) is 13.7 Å². The number of methoxy groups -OCH3 is 1. The lowest BCUT2D eigenvalue weighted by atomic mass is 10.1. The number of ether oxygens (including phenoxy) is 1. The number of nitrogens with zero attached hydrogens (tertiary/aromatic N) is 1. The normalized spacial score (nSPS) is 16.7. The molecule has 0 saturated carbocycles. The summed E-state index contributed by atoms with van der Waals surface area (Å²) in [6.45, 7) is 2.38. The van der Waals surface area contributed by atoms with E-state index in [9.17, 15) is 18.0 Å². The lowest BCUT2D eigenvalue weighted by Crippen LogP contribution is -2.48. The van der Waals surface area contributed by atoms with Crippen molar-refractivity contribution in [2.24, 2.45) is 0 Å². The van der Waals surface area contributed by atoms with Crippen LogP contribution in [-0.2, 0) is 21.4 Å². The van der Waals surface area contributed by atoms with Crippen molar-refractivity contribution in [1.82, 2.24) is 14.9 Å². The second-order valence-electron chi connectivity index (χ2n) is 9.48. The minimum Gasteiger partial charge on any atom is -0.497 e. The molecular formula is C29H32ClN3O5S. The molecule has 8 nitrogen and oxygen atoms in total. The standard InChI is InChI=1S/C29H32ClN3O5S/c1-20(23-6-5-7-25(18-23)38-2)32-28(34)22-11-9-21(10-12-22)19-33(27-8-3-4-17-31-29(27)35)39(36,37)26-15-13-24(30)14-16-26/h5-7,9-16,18,20,27H,3-4,8,17,19H2,1-2H3,(H,31,35)(H,32,34)/t20-,27+/m0/s1. The molecule has 1 fully saturated rings. The molecule has 0 radical (unpaired) electrons. The number of carbonyl (C=O) groups excluding carboxylic acids is 2. The Balaban J connectivity index is 1.54. The smallest absolute Gasteiger partial charge is 0.251 e. The van der Waals surface area contributed by atoms with Gasteiger partial charge in [0.25, 0.3) is 5.91 Å². The summed E-state index contributed by atoms with van der Waals surface area (Å²) < 4.78 is 33.9. The quantitative estimate of drug-likeness (QED) is 0.389. The zero-order valence-corrected chi connectivity index (χ0v) is 23.5. The maximum Gasteiger partial charge on any atom is 0.251 e. The molecule has 0 aliphatic carbocycles. The Morgan fingerprint density at radius 3 is 2.51 bits per heavy atom. The number of nitrogens with one attached hydrogen (secondary N) is 2. The number of hydrogen-bond acceptors (Lipinski definition) is 5. The highest BCUT2D eigenvalue weighted by Gasteiger charge is 2.36. The van der Waals surface area contributed by atoms with Gasteiger partial charge in [-0.15, -0.1) is 0 Å². The fourth-order valence-corrected chi connectivity index (χ4v) is 6.25. The summed E-state index contributed by atoms with van der Waals surface area (Å²) >= 11 is 5.97. The molecule has 0 unspecified atom stereocenters. The molecule has 1 aliphatic rings. The van der Waals surface area contributed by atoms with Crippen LogP contribution in [0.25, 0.3) is 0 Å². The third kappa shape index (κ3) is 6.98. The topological polar surface area (TPSA) is 105 Å². The van der Waals surface area contributed by atoms with Crippen LogP contribution < -0.4 is 15.4 Å². The zero-order chi connectivity index (χ0) is 28.0. The summed E-state index contributed by atoms with van der Waals surface area (Å²) in [7, 11) is -2.43. The summed E-state index contributed by atoms with van der Waals surface area (Å²) in [5.41, 5.74) is 2.00. The van der Waals surface area contributed by atoms with E-state index in [4.69, 9.17) is 16.3 Å². The molecule has 206 valence electrons. The Morgan fingerprint density at radius 2 is 1.82 bits per heavy atom. The average Bonchev–Trinajstić information content (AvgIpc) is 3.16. The van der Waals surface area contributed by atoms with Crippen LogP contribution >= 0.6 is 11.6 Å². The molecule has 2 amide bonds. The number of amides is 2. The maximum atomic E-state index is 13.7. The number of sulfonamides is 1. The van der Waals surface area contributed by atoms with E-state index < -0.39 is 16.1 Å². The maximum absolute atomic E-state index is 13.7. The number of carbonyl (C=O) groups is 2. The first-order valence-electron chi connectivity index (χ1n) is 12.8. The van der Waals surface area contributed by atoms with Gasteiger partial charge in [-0.05, 0) is 85.8 Å². The van der Waals surface area contributed by atoms with Crippen molar-refractivity contribution in [3.05, 3.63) is 94.5 Å². The van der Waals surface area contributed by atoms with Gasteiger partial charge >= 0.3 is 0 Å². The molecule has 4 rings (SSSR count). The lowest BCUT2D eigenvalue weighted by Gasteiger charge is -2.29. The average molecular weight is 570 g/mol. The number of halogens is 1. The van der Waals surface area contributed by atoms with Crippen molar-refractivity contribution in [2.45, 2.75) is 49.7 Å². The molecule has 39 heavy (non-hydrogen) atoms. The summed E-state index contributed by atoms with van der Waals surface area (Å²) in [6.07, 6.45) is 1.93. The summed E-state index contributed by atoms with van der Waals surface area (Å²) in [5, 5.41) is 6.22. The van der Waals surface area contributed by atoms with Gasteiger partial charge in [-0.25, -0.2) is 8.42 Å². The Bertz CT molecular complexity index is 1410. The van der Waals surface area contributed by atoms with Gasteiger partial charge in [0, 0.05) is 23.7 Å². The van der Waals surface area contributed by atoms with E-state index in [-0.39, 0.29) is 29.3 Å². The molecule has 3 aromatic rings. The van der Waals surface area contributed by atoms with Gasteiger partial charge in [-0.2, -0.15) is 4.31 Å². The summed E-state index contributed by atoms with van der Waals surface area (Å²) in [6, 6.07) is 19.0. The predicted octanol–water partition coefficient (Wildman–Crippen LogP) is 4.70. The second kappa shape index (κ2) is 12.6. The minimum atomic E-state index is -4.02. The minimum absolute atomic E-state index is 0.0227. The Kier molecular flexibility index (Phi) is 9.27. The van der Waals surface area contributed by atoms with Gasteiger partial charge in [0.2, 0.25) is 15.9 Å². The van der Waals surface area contributed by atoms with Crippen molar-refractivity contribution in [3.8, 4) is 5.75 Å². The molecule has 1 saturated heterocycles. The van der Waals surface area contributed by atoms with E-state index in [1.54, 1.807) is 31.4 Å². The van der Waals surface area contributed by atoms with E-state index in [1.165, 1.54) is 28.6 Å². The highest BCUT2D eigenvalue weighted by molar-refractivity contribution is 7.89. The molecule has 1 aliphatic heterocycles. The molecule has 1 heterocycles. The van der Waals surface area contributed by atoms with Crippen LogP contribution in [0.3, 0.4) is 0 Å². The Labute approximate surface area is 234 Å². The van der Waals surface area contributed by atoms with Crippen LogP contribution in [0.15, 0.2) is 77.7 Å². The zero-order valence-electron chi connectivity index (χ0n) is 21.9. The summed E-state index contributed by atoms with van der Waals surface area (Å²) in [5.74, 6) is 0.136. The van der Waals surface area contributed by atoms with Crippen LogP contribution in [-0.4, -0.2) is 44.2 Å². The van der Waals surface area contributed by atoms with E-state index in [1.807, 2.05) is 31.2 Å². The van der Waals surface area contributed by atoms with Crippen molar-refractivity contribution >= 4 is 33.4 Å². The molecule has 0 bridgehead atoms. The lowest BCUT2D eigenvalue weighted by molar-refractivity contribution is -0.124. The monoisotopic (exact) mass is 569 g/mol. The first-order valence-corrected chi connectivity index (χ1v) is 14.6. The third-order valence-electron chi connectivity index (χ3n) is 6.77. The van der Waals surface area contributed by atoms with Gasteiger partial charge in [0.15, 0.2) is 0 Å². The first kappa shape index (κ1) is 28.6. The molecule has 2 atom stereocenters. The molecule has 0 aromatic heterocycles. The second-order valence-corrected chi connectivity index (χ2v) is 11.8. The number of hydrogen-bond donors (Lipinski definition) is 2. The van der Waals surface area contributed by atoms with E-state index in [0.717, 1.165) is 18.4 Å². The fourth-order valence-electron chi connectivity index (χ4n) is 4.52. The number of benzene rings is 3. The van der Waals surface area contributed by atoms with Gasteiger partial charge in [-0.1, -0.05) is 35.9 Å². The van der Waals surface area contributed by atoms with Crippen molar-refractivity contribution < 1.29 is 22.7 Å². The van der Waals surface area contributed by atoms with E-state index >= 15 is 0 Å². The predicted molar refractivity (Wildman–Crippen MR) is 150 cm³/mol. The summed E-state index contributed by atoms with van der Waals surface area (Å²) in [4.78, 5) is 25.8. The molecule has 3 aromatic carbocycles. The highest BCUT2D eigenvalue weighted by atomic mass is 35.5. The van der Waals surface area contributed by atoms with Gasteiger partial charge in [-0.3, -0.25) is 9.59 Å².